The molecule has 1 heterocycles. The van der Waals surface area contributed by atoms with Crippen molar-refractivity contribution in [2.45, 2.75) is 84.0 Å². The molecule has 0 aromatic heterocycles. The zero-order valence-electron chi connectivity index (χ0n) is 18.5. The van der Waals surface area contributed by atoms with E-state index in [1.807, 2.05) is 45.9 Å². The van der Waals surface area contributed by atoms with E-state index in [4.69, 9.17) is 4.74 Å². The molecule has 29 heavy (non-hydrogen) atoms. The highest BCUT2D eigenvalue weighted by molar-refractivity contribution is 5.81. The number of nitrogens with one attached hydrogen (secondary N) is 2. The molecule has 162 valence electrons. The molecule has 1 aromatic carbocycles. The number of carbonyl (C=O) groups excluding carboxylic acids is 2. The van der Waals surface area contributed by atoms with Crippen molar-refractivity contribution in [3.05, 3.63) is 35.9 Å². The van der Waals surface area contributed by atoms with Crippen LogP contribution in [0.4, 0.5) is 4.79 Å². The van der Waals surface area contributed by atoms with E-state index >= 15 is 0 Å². The van der Waals surface area contributed by atoms with Crippen LogP contribution in [0.25, 0.3) is 0 Å². The molecule has 1 aromatic rings. The lowest BCUT2D eigenvalue weighted by atomic mass is 10.0. The number of likely N-dealkylation sites (tertiary alicyclic amines) is 1. The van der Waals surface area contributed by atoms with E-state index in [9.17, 15) is 9.59 Å². The predicted molar refractivity (Wildman–Crippen MR) is 116 cm³/mol. The van der Waals surface area contributed by atoms with Gasteiger partial charge in [0.2, 0.25) is 5.91 Å². The average molecular weight is 404 g/mol. The Kier molecular flexibility index (Phi) is 8.50. The first-order valence-corrected chi connectivity index (χ1v) is 10.8. The summed E-state index contributed by atoms with van der Waals surface area (Å²) in [4.78, 5) is 27.0. The van der Waals surface area contributed by atoms with Crippen LogP contribution >= 0.6 is 0 Å². The van der Waals surface area contributed by atoms with Gasteiger partial charge in [0.25, 0.3) is 0 Å². The van der Waals surface area contributed by atoms with Crippen LogP contribution in [0.3, 0.4) is 0 Å². The second kappa shape index (κ2) is 10.6. The molecular weight excluding hydrogens is 366 g/mol. The Hall–Kier alpha value is -2.08. The van der Waals surface area contributed by atoms with Crippen LogP contribution in [0.5, 0.6) is 0 Å². The molecule has 6 heteroatoms. The van der Waals surface area contributed by atoms with Gasteiger partial charge in [0.05, 0.1) is 12.1 Å². The molecule has 2 rings (SSSR count). The van der Waals surface area contributed by atoms with E-state index in [-0.39, 0.29) is 30.1 Å². The summed E-state index contributed by atoms with van der Waals surface area (Å²) in [6.07, 6.45) is 3.19. The van der Waals surface area contributed by atoms with Gasteiger partial charge in [-0.15, -0.1) is 0 Å². The molecule has 0 saturated carbocycles. The van der Waals surface area contributed by atoms with Crippen molar-refractivity contribution in [1.82, 2.24) is 15.5 Å². The molecule has 2 N–H and O–H groups in total. The summed E-state index contributed by atoms with van der Waals surface area (Å²) in [6.45, 7) is 11.2. The van der Waals surface area contributed by atoms with Crippen LogP contribution in [0, 0.1) is 0 Å². The molecule has 6 nitrogen and oxygen atoms in total. The van der Waals surface area contributed by atoms with Crippen LogP contribution < -0.4 is 10.6 Å². The zero-order valence-corrected chi connectivity index (χ0v) is 18.5. The number of hydrogen-bond acceptors (Lipinski definition) is 4. The summed E-state index contributed by atoms with van der Waals surface area (Å²) < 4.78 is 5.33. The Morgan fingerprint density at radius 3 is 2.34 bits per heavy atom. The van der Waals surface area contributed by atoms with E-state index in [2.05, 4.69) is 34.6 Å². The summed E-state index contributed by atoms with van der Waals surface area (Å²) in [5.41, 5.74) is 0.653. The van der Waals surface area contributed by atoms with E-state index in [1.54, 1.807) is 0 Å². The first-order chi connectivity index (χ1) is 13.7. The normalized spacial score (nSPS) is 18.0. The van der Waals surface area contributed by atoms with Gasteiger partial charge in [-0.05, 0) is 52.5 Å². The number of piperidine rings is 1. The Labute approximate surface area is 175 Å². The van der Waals surface area contributed by atoms with E-state index < -0.39 is 5.60 Å². The van der Waals surface area contributed by atoms with Crippen molar-refractivity contribution in [3.8, 4) is 0 Å². The fourth-order valence-electron chi connectivity index (χ4n) is 3.66. The van der Waals surface area contributed by atoms with Gasteiger partial charge in [-0.2, -0.15) is 0 Å². The maximum Gasteiger partial charge on any atom is 0.407 e. The molecule has 2 unspecified atom stereocenters. The minimum Gasteiger partial charge on any atom is -0.444 e. The average Bonchev–Trinajstić information content (AvgIpc) is 2.66. The molecule has 0 spiro atoms. The van der Waals surface area contributed by atoms with Crippen molar-refractivity contribution in [2.24, 2.45) is 0 Å². The van der Waals surface area contributed by atoms with E-state index in [0.717, 1.165) is 44.3 Å². The van der Waals surface area contributed by atoms with Crippen molar-refractivity contribution < 1.29 is 14.3 Å². The number of rotatable bonds is 7. The van der Waals surface area contributed by atoms with Crippen LogP contribution in [-0.4, -0.2) is 47.7 Å². The largest absolute Gasteiger partial charge is 0.444 e. The van der Waals surface area contributed by atoms with Gasteiger partial charge in [-0.3, -0.25) is 9.69 Å². The molecule has 0 bridgehead atoms. The topological polar surface area (TPSA) is 70.7 Å². The number of amides is 2. The lowest BCUT2D eigenvalue weighted by Crippen LogP contribution is -2.52. The van der Waals surface area contributed by atoms with Gasteiger partial charge in [-0.25, -0.2) is 4.79 Å². The summed E-state index contributed by atoms with van der Waals surface area (Å²) in [5, 5.41) is 6.18. The summed E-state index contributed by atoms with van der Waals surface area (Å²) in [6, 6.07) is 10.1. The monoisotopic (exact) mass is 403 g/mol. The predicted octanol–water partition coefficient (Wildman–Crippen LogP) is 4.02. The lowest BCUT2D eigenvalue weighted by Gasteiger charge is -2.36. The van der Waals surface area contributed by atoms with Crippen LogP contribution in [0.15, 0.2) is 30.3 Å². The molecule has 0 radical (unpaired) electrons. The summed E-state index contributed by atoms with van der Waals surface area (Å²) >= 11 is 0. The SMILES string of the molecule is CCCC(NC(=O)C(C)N1CCC(NC(=O)OC(C)(C)C)CC1)c1ccccc1. The van der Waals surface area contributed by atoms with Gasteiger partial charge >= 0.3 is 6.09 Å². The number of ether oxygens (including phenoxy) is 1. The minimum atomic E-state index is -0.495. The Morgan fingerprint density at radius 2 is 1.79 bits per heavy atom. The van der Waals surface area contributed by atoms with Crippen LogP contribution in [0.2, 0.25) is 0 Å². The first kappa shape index (κ1) is 23.2. The third kappa shape index (κ3) is 7.69. The fraction of sp³-hybridized carbons (Fsp3) is 0.652. The summed E-state index contributed by atoms with van der Waals surface area (Å²) in [5.74, 6) is 0.0610. The molecule has 1 aliphatic rings. The lowest BCUT2D eigenvalue weighted by molar-refractivity contribution is -0.127. The number of alkyl carbamates (subject to hydrolysis) is 1. The fourth-order valence-corrected chi connectivity index (χ4v) is 3.66. The molecule has 0 aliphatic carbocycles. The van der Waals surface area contributed by atoms with Crippen molar-refractivity contribution in [1.29, 1.82) is 0 Å². The molecule has 1 aliphatic heterocycles. The van der Waals surface area contributed by atoms with Gasteiger partial charge in [0.1, 0.15) is 5.60 Å². The number of benzene rings is 1. The molecule has 2 amide bonds. The van der Waals surface area contributed by atoms with Gasteiger partial charge in [0, 0.05) is 19.1 Å². The minimum absolute atomic E-state index is 0.0440. The van der Waals surface area contributed by atoms with Crippen molar-refractivity contribution in [2.75, 3.05) is 13.1 Å². The Morgan fingerprint density at radius 1 is 1.17 bits per heavy atom. The second-order valence-corrected chi connectivity index (χ2v) is 8.89. The Balaban J connectivity index is 1.84. The highest BCUT2D eigenvalue weighted by Crippen LogP contribution is 2.20. The highest BCUT2D eigenvalue weighted by atomic mass is 16.6. The standard InChI is InChI=1S/C23H37N3O3/c1-6-10-20(18-11-8-7-9-12-18)25-21(27)17(2)26-15-13-19(14-16-26)24-22(28)29-23(3,4)5/h7-9,11-12,17,19-20H,6,10,13-16H2,1-5H3,(H,24,28)(H,25,27). The number of nitrogens with zero attached hydrogens (tertiary/aromatic N) is 1. The third-order valence-electron chi connectivity index (χ3n) is 5.27. The number of hydrogen-bond donors (Lipinski definition) is 2. The number of carbonyl (C=O) groups is 2. The van der Waals surface area contributed by atoms with Crippen LogP contribution in [-0.2, 0) is 9.53 Å². The summed E-state index contributed by atoms with van der Waals surface area (Å²) in [7, 11) is 0. The highest BCUT2D eigenvalue weighted by Gasteiger charge is 2.29. The molecule has 2 atom stereocenters. The molecule has 1 fully saturated rings. The van der Waals surface area contributed by atoms with Gasteiger partial charge in [0.15, 0.2) is 0 Å². The van der Waals surface area contributed by atoms with Gasteiger partial charge < -0.3 is 15.4 Å². The third-order valence-corrected chi connectivity index (χ3v) is 5.27. The molecule has 1 saturated heterocycles. The van der Waals surface area contributed by atoms with Crippen LogP contribution in [0.1, 0.15) is 71.9 Å². The Bertz CT molecular complexity index is 649. The quantitative estimate of drug-likeness (QED) is 0.721. The van der Waals surface area contributed by atoms with Gasteiger partial charge in [-0.1, -0.05) is 43.7 Å². The maximum atomic E-state index is 12.9. The van der Waals surface area contributed by atoms with E-state index in [0.29, 0.717) is 0 Å². The maximum absolute atomic E-state index is 12.9. The van der Waals surface area contributed by atoms with Crippen molar-refractivity contribution in [3.63, 3.8) is 0 Å². The second-order valence-electron chi connectivity index (χ2n) is 8.89. The first-order valence-electron chi connectivity index (χ1n) is 10.8. The molecular formula is C23H37N3O3. The van der Waals surface area contributed by atoms with Crippen molar-refractivity contribution >= 4 is 12.0 Å². The zero-order chi connectivity index (χ0) is 21.4. The van der Waals surface area contributed by atoms with E-state index in [1.165, 1.54) is 0 Å². The smallest absolute Gasteiger partial charge is 0.407 e.